The van der Waals surface area contributed by atoms with E-state index in [2.05, 4.69) is 18.5 Å². The highest BCUT2D eigenvalue weighted by Gasteiger charge is 2.48. The third kappa shape index (κ3) is 7.37. The second-order valence-electron chi connectivity index (χ2n) is 10.8. The quantitative estimate of drug-likeness (QED) is 0.0519. The summed E-state index contributed by atoms with van der Waals surface area (Å²) in [6, 6.07) is 10.5. The number of unbranched alkanes of at least 4 members (excludes halogenated alkanes) is 1. The average Bonchev–Trinajstić information content (AvgIpc) is 3.54. The Hall–Kier alpha value is -4.64. The van der Waals surface area contributed by atoms with Crippen molar-refractivity contribution in [3.8, 4) is 17.2 Å². The van der Waals surface area contributed by atoms with Crippen LogP contribution >= 0.6 is 11.3 Å². The molecule has 45 heavy (non-hydrogen) atoms. The minimum Gasteiger partial charge on any atom is -0.507 e. The molecule has 1 aliphatic rings. The number of carbonyl (C=O) groups is 3. The lowest BCUT2D eigenvalue weighted by molar-refractivity contribution is -0.132. The Kier molecular flexibility index (Phi) is 11.0. The Morgan fingerprint density at radius 3 is 2.51 bits per heavy atom. The Balaban J connectivity index is 1.83. The van der Waals surface area contributed by atoms with Crippen LogP contribution in [0.3, 0.4) is 0 Å². The topological polar surface area (TPSA) is 124 Å². The molecular weight excluding hydrogens is 596 g/mol. The summed E-state index contributed by atoms with van der Waals surface area (Å²) in [7, 11) is 1.47. The second kappa shape index (κ2) is 14.9. The predicted molar refractivity (Wildman–Crippen MR) is 172 cm³/mol. The SMILES string of the molecule is C=CCOc1ccc(C2/C(=C(/O)c3ccc(OCCCC)cc3)C(=O)C(=O)N2c2nc(C)c(C(=O)OCC(C)C)s2)cc1OC. The summed E-state index contributed by atoms with van der Waals surface area (Å²) in [6.07, 6.45) is 3.49. The van der Waals surface area contributed by atoms with Gasteiger partial charge in [-0.05, 0) is 61.2 Å². The number of amides is 1. The Morgan fingerprint density at radius 1 is 1.13 bits per heavy atom. The molecule has 0 radical (unpaired) electrons. The number of hydrogen-bond acceptors (Lipinski definition) is 10. The lowest BCUT2D eigenvalue weighted by Gasteiger charge is -2.24. The molecule has 1 saturated heterocycles. The van der Waals surface area contributed by atoms with E-state index >= 15 is 0 Å². The smallest absolute Gasteiger partial charge is 0.350 e. The number of aliphatic hydroxyl groups excluding tert-OH is 1. The molecule has 1 fully saturated rings. The maximum Gasteiger partial charge on any atom is 0.350 e. The van der Waals surface area contributed by atoms with Crippen LogP contribution in [0.25, 0.3) is 5.76 Å². The number of aromatic nitrogens is 1. The molecule has 0 bridgehead atoms. The van der Waals surface area contributed by atoms with E-state index in [1.807, 2.05) is 13.8 Å². The van der Waals surface area contributed by atoms with E-state index < -0.39 is 23.7 Å². The van der Waals surface area contributed by atoms with Crippen molar-refractivity contribution >= 4 is 39.9 Å². The third-order valence-corrected chi connectivity index (χ3v) is 8.06. The molecule has 0 saturated carbocycles. The molecule has 1 amide bonds. The second-order valence-corrected chi connectivity index (χ2v) is 11.8. The summed E-state index contributed by atoms with van der Waals surface area (Å²) in [5.41, 5.74) is 0.994. The zero-order valence-electron chi connectivity index (χ0n) is 26.1. The molecule has 11 heteroatoms. The Morgan fingerprint density at radius 2 is 1.87 bits per heavy atom. The van der Waals surface area contributed by atoms with E-state index in [0.29, 0.717) is 40.7 Å². The van der Waals surface area contributed by atoms with E-state index in [1.165, 1.54) is 12.0 Å². The summed E-state index contributed by atoms with van der Waals surface area (Å²) in [4.78, 5) is 46.1. The lowest BCUT2D eigenvalue weighted by atomic mass is 9.95. The number of carbonyl (C=O) groups excluding carboxylic acids is 3. The lowest BCUT2D eigenvalue weighted by Crippen LogP contribution is -2.29. The van der Waals surface area contributed by atoms with Gasteiger partial charge in [0.25, 0.3) is 5.78 Å². The molecule has 1 aliphatic heterocycles. The fourth-order valence-electron chi connectivity index (χ4n) is 4.65. The predicted octanol–water partition coefficient (Wildman–Crippen LogP) is 6.64. The average molecular weight is 635 g/mol. The molecule has 2 aromatic carbocycles. The van der Waals surface area contributed by atoms with Gasteiger partial charge in [0.15, 0.2) is 16.6 Å². The van der Waals surface area contributed by atoms with Crippen LogP contribution in [-0.4, -0.2) is 54.7 Å². The van der Waals surface area contributed by atoms with E-state index in [1.54, 1.807) is 55.5 Å². The van der Waals surface area contributed by atoms with Crippen molar-refractivity contribution in [1.82, 2.24) is 4.98 Å². The van der Waals surface area contributed by atoms with Gasteiger partial charge in [-0.2, -0.15) is 0 Å². The molecule has 238 valence electrons. The van der Waals surface area contributed by atoms with Crippen LogP contribution in [0.4, 0.5) is 5.13 Å². The van der Waals surface area contributed by atoms with Gasteiger partial charge in [0.1, 0.15) is 23.0 Å². The molecule has 1 unspecified atom stereocenters. The highest BCUT2D eigenvalue weighted by atomic mass is 32.1. The largest absolute Gasteiger partial charge is 0.507 e. The van der Waals surface area contributed by atoms with Crippen molar-refractivity contribution in [3.05, 3.63) is 82.4 Å². The van der Waals surface area contributed by atoms with Crippen LogP contribution in [0.1, 0.15) is 66.1 Å². The van der Waals surface area contributed by atoms with Crippen LogP contribution in [0, 0.1) is 12.8 Å². The van der Waals surface area contributed by atoms with Gasteiger partial charge in [0.2, 0.25) is 0 Å². The summed E-state index contributed by atoms with van der Waals surface area (Å²) in [5.74, 6) is -1.21. The first-order chi connectivity index (χ1) is 21.6. The zero-order chi connectivity index (χ0) is 32.7. The molecule has 10 nitrogen and oxygen atoms in total. The van der Waals surface area contributed by atoms with Crippen LogP contribution in [0.2, 0.25) is 0 Å². The minimum atomic E-state index is -1.10. The molecule has 4 rings (SSSR count). The maximum absolute atomic E-state index is 13.7. The number of methoxy groups -OCH3 is 1. The first kappa shape index (κ1) is 33.3. The highest BCUT2D eigenvalue weighted by Crippen LogP contribution is 2.45. The number of thiazole rings is 1. The van der Waals surface area contributed by atoms with Crippen LogP contribution in [0.15, 0.2) is 60.7 Å². The van der Waals surface area contributed by atoms with Crippen molar-refractivity contribution in [1.29, 1.82) is 0 Å². The minimum absolute atomic E-state index is 0.112. The number of nitrogens with zero attached hydrogens (tertiary/aromatic N) is 2. The van der Waals surface area contributed by atoms with E-state index in [9.17, 15) is 19.5 Å². The van der Waals surface area contributed by atoms with Gasteiger partial charge in [0.05, 0.1) is 37.6 Å². The highest BCUT2D eigenvalue weighted by molar-refractivity contribution is 7.17. The standard InChI is InChI=1S/C34H38N2O8S/c1-7-9-17-42-24-13-10-22(11-14-24)29(37)27-28(23-12-15-25(43-16-8-2)26(18-23)41-6)36(32(39)30(27)38)34-35-21(5)31(45-34)33(40)44-19-20(3)4/h8,10-15,18,20,28,37H,2,7,9,16-17,19H2,1,3-6H3/b29-27-. The normalized spacial score (nSPS) is 15.8. The number of hydrogen-bond donors (Lipinski definition) is 1. The zero-order valence-corrected chi connectivity index (χ0v) is 26.9. The molecule has 1 N–H and O–H groups in total. The third-order valence-electron chi connectivity index (χ3n) is 6.92. The first-order valence-electron chi connectivity index (χ1n) is 14.7. The Bertz CT molecular complexity index is 1590. The van der Waals surface area contributed by atoms with E-state index in [0.717, 1.165) is 24.2 Å². The van der Waals surface area contributed by atoms with E-state index in [-0.39, 0.29) is 40.5 Å². The van der Waals surface area contributed by atoms with Gasteiger partial charge < -0.3 is 24.1 Å². The van der Waals surface area contributed by atoms with E-state index in [4.69, 9.17) is 18.9 Å². The Labute approximate surface area is 266 Å². The number of rotatable bonds is 14. The van der Waals surface area contributed by atoms with Crippen molar-refractivity contribution in [2.45, 2.75) is 46.6 Å². The van der Waals surface area contributed by atoms with Gasteiger partial charge in [0, 0.05) is 5.56 Å². The number of ether oxygens (including phenoxy) is 4. The number of ketones is 1. The monoisotopic (exact) mass is 634 g/mol. The summed E-state index contributed by atoms with van der Waals surface area (Å²) in [6.45, 7) is 12.2. The van der Waals surface area contributed by atoms with Gasteiger partial charge in [-0.25, -0.2) is 9.78 Å². The fraction of sp³-hybridized carbons (Fsp3) is 0.353. The van der Waals surface area contributed by atoms with Gasteiger partial charge in [-0.1, -0.05) is 57.3 Å². The number of benzene rings is 2. The molecule has 1 aromatic heterocycles. The van der Waals surface area contributed by atoms with Crippen molar-refractivity contribution in [2.75, 3.05) is 31.8 Å². The number of aliphatic hydroxyl groups is 1. The fourth-order valence-corrected chi connectivity index (χ4v) is 5.64. The number of esters is 1. The molecule has 2 heterocycles. The number of aryl methyl sites for hydroxylation is 1. The van der Waals surface area contributed by atoms with Crippen molar-refractivity contribution in [2.24, 2.45) is 5.92 Å². The van der Waals surface area contributed by atoms with Gasteiger partial charge >= 0.3 is 11.9 Å². The summed E-state index contributed by atoms with van der Waals surface area (Å²) < 4.78 is 22.4. The van der Waals surface area contributed by atoms with Crippen LogP contribution in [0.5, 0.6) is 17.2 Å². The van der Waals surface area contributed by atoms with Crippen LogP contribution in [-0.2, 0) is 14.3 Å². The van der Waals surface area contributed by atoms with Crippen LogP contribution < -0.4 is 19.1 Å². The van der Waals surface area contributed by atoms with Gasteiger partial charge in [-0.3, -0.25) is 14.5 Å². The first-order valence-corrected chi connectivity index (χ1v) is 15.5. The molecule has 1 atom stereocenters. The maximum atomic E-state index is 13.7. The summed E-state index contributed by atoms with van der Waals surface area (Å²) in [5, 5.41) is 11.7. The summed E-state index contributed by atoms with van der Waals surface area (Å²) >= 11 is 0.945. The number of anilines is 1. The molecule has 0 aliphatic carbocycles. The molecule has 3 aromatic rings. The van der Waals surface area contributed by atoms with Crippen molar-refractivity contribution in [3.63, 3.8) is 0 Å². The van der Waals surface area contributed by atoms with Crippen molar-refractivity contribution < 1.29 is 38.4 Å². The number of Topliss-reactive ketones (excluding diaryl/α,β-unsaturated/α-hetero) is 1. The molecule has 0 spiro atoms. The molecular formula is C34H38N2O8S. The van der Waals surface area contributed by atoms with Gasteiger partial charge in [-0.15, -0.1) is 0 Å².